The number of H-pyrrole nitrogens is 1. The largest absolute Gasteiger partial charge is 0.477 e. The lowest BCUT2D eigenvalue weighted by Crippen LogP contribution is -2.20. The molecule has 1 aromatic heterocycles. The van der Waals surface area contributed by atoms with E-state index in [1.807, 2.05) is 32.0 Å². The average molecular weight is 245 g/mol. The molecule has 0 aliphatic carbocycles. The van der Waals surface area contributed by atoms with Crippen molar-refractivity contribution in [2.24, 2.45) is 0 Å². The van der Waals surface area contributed by atoms with Gasteiger partial charge in [-0.2, -0.15) is 0 Å². The molecule has 0 spiro atoms. The Hall–Kier alpha value is -2.10. The maximum absolute atomic E-state index is 11.8. The molecule has 0 aliphatic rings. The molecule has 0 radical (unpaired) electrons. The maximum atomic E-state index is 11.8. The molecule has 0 fully saturated rings. The number of hydrogen-bond donors (Lipinski definition) is 2. The van der Waals surface area contributed by atoms with Crippen molar-refractivity contribution in [3.05, 3.63) is 45.2 Å². The summed E-state index contributed by atoms with van der Waals surface area (Å²) in [5, 5.41) is 9.97. The van der Waals surface area contributed by atoms with Crippen LogP contribution in [0.3, 0.4) is 0 Å². The molecule has 0 amide bonds. The van der Waals surface area contributed by atoms with Crippen LogP contribution in [-0.4, -0.2) is 16.1 Å². The average Bonchev–Trinajstić information content (AvgIpc) is 2.36. The van der Waals surface area contributed by atoms with Crippen LogP contribution in [0.2, 0.25) is 0 Å². The summed E-state index contributed by atoms with van der Waals surface area (Å²) in [6, 6.07) is 5.73. The monoisotopic (exact) mass is 245 g/mol. The number of pyridine rings is 1. The number of aromatic nitrogens is 1. The molecular formula is C14H15NO3. The molecule has 0 saturated carbocycles. The Morgan fingerprint density at radius 1 is 1.28 bits per heavy atom. The highest BCUT2D eigenvalue weighted by Gasteiger charge is 2.17. The molecular weight excluding hydrogens is 230 g/mol. The topological polar surface area (TPSA) is 70.2 Å². The van der Waals surface area contributed by atoms with Gasteiger partial charge in [-0.1, -0.05) is 19.9 Å². The van der Waals surface area contributed by atoms with Gasteiger partial charge in [0.15, 0.2) is 0 Å². The van der Waals surface area contributed by atoms with Gasteiger partial charge >= 0.3 is 5.97 Å². The fraction of sp³-hybridized carbons (Fsp3) is 0.286. The van der Waals surface area contributed by atoms with Crippen molar-refractivity contribution in [3.8, 4) is 0 Å². The Morgan fingerprint density at radius 2 is 2.00 bits per heavy atom. The van der Waals surface area contributed by atoms with Gasteiger partial charge in [-0.05, 0) is 36.1 Å². The highest BCUT2D eigenvalue weighted by atomic mass is 16.4. The van der Waals surface area contributed by atoms with Gasteiger partial charge in [0, 0.05) is 10.9 Å². The Bertz CT molecular complexity index is 671. The summed E-state index contributed by atoms with van der Waals surface area (Å²) in [5.74, 6) is -1.17. The third kappa shape index (κ3) is 1.90. The van der Waals surface area contributed by atoms with Crippen molar-refractivity contribution < 1.29 is 9.90 Å². The van der Waals surface area contributed by atoms with Crippen LogP contribution in [-0.2, 0) is 12.8 Å². The second-order valence-corrected chi connectivity index (χ2v) is 4.20. The number of aromatic carboxylic acids is 1. The third-order valence-corrected chi connectivity index (χ3v) is 3.16. The first-order chi connectivity index (χ1) is 8.58. The summed E-state index contributed by atoms with van der Waals surface area (Å²) >= 11 is 0. The number of aromatic amines is 1. The first-order valence-corrected chi connectivity index (χ1v) is 5.99. The van der Waals surface area contributed by atoms with Gasteiger partial charge in [-0.15, -0.1) is 0 Å². The van der Waals surface area contributed by atoms with E-state index in [4.69, 9.17) is 5.11 Å². The van der Waals surface area contributed by atoms with E-state index in [1.54, 1.807) is 0 Å². The summed E-state index contributed by atoms with van der Waals surface area (Å²) in [5.41, 5.74) is 1.76. The zero-order chi connectivity index (χ0) is 13.3. The van der Waals surface area contributed by atoms with Crippen molar-refractivity contribution in [1.82, 2.24) is 4.98 Å². The minimum atomic E-state index is -1.17. The minimum absolute atomic E-state index is 0.141. The van der Waals surface area contributed by atoms with Crippen molar-refractivity contribution >= 4 is 16.9 Å². The molecule has 2 N–H and O–H groups in total. The molecule has 0 bridgehead atoms. The van der Waals surface area contributed by atoms with Crippen LogP contribution in [0.25, 0.3) is 10.9 Å². The minimum Gasteiger partial charge on any atom is -0.477 e. The van der Waals surface area contributed by atoms with E-state index in [9.17, 15) is 9.59 Å². The van der Waals surface area contributed by atoms with Crippen LogP contribution >= 0.6 is 0 Å². The summed E-state index contributed by atoms with van der Waals surface area (Å²) in [6.45, 7) is 3.90. The Morgan fingerprint density at radius 3 is 2.56 bits per heavy atom. The van der Waals surface area contributed by atoms with Crippen LogP contribution in [0.15, 0.2) is 23.0 Å². The number of carboxylic acids is 1. The Kier molecular flexibility index (Phi) is 3.19. The van der Waals surface area contributed by atoms with E-state index in [-0.39, 0.29) is 5.56 Å². The fourth-order valence-corrected chi connectivity index (χ4v) is 2.22. The molecule has 18 heavy (non-hydrogen) atoms. The van der Waals surface area contributed by atoms with E-state index < -0.39 is 11.5 Å². The Labute approximate surface area is 104 Å². The Balaban J connectivity index is 2.91. The smallest absolute Gasteiger partial charge is 0.341 e. The molecule has 0 saturated heterocycles. The molecule has 1 heterocycles. The van der Waals surface area contributed by atoms with Crippen molar-refractivity contribution in [1.29, 1.82) is 0 Å². The van der Waals surface area contributed by atoms with E-state index in [1.165, 1.54) is 0 Å². The molecule has 0 aliphatic heterocycles. The first-order valence-electron chi connectivity index (χ1n) is 5.99. The van der Waals surface area contributed by atoms with E-state index in [2.05, 4.69) is 4.98 Å². The zero-order valence-electron chi connectivity index (χ0n) is 10.4. The van der Waals surface area contributed by atoms with Gasteiger partial charge in [0.25, 0.3) is 5.56 Å². The molecule has 0 atom stereocenters. The highest BCUT2D eigenvalue weighted by molar-refractivity contribution is 5.96. The standard InChI is InChI=1S/C14H15NO3/c1-3-8-5-6-11-10(7-8)9(4-2)12(14(17)18)13(16)15-11/h5-7H,3-4H2,1-2H3,(H,15,16)(H,17,18). The summed E-state index contributed by atoms with van der Waals surface area (Å²) < 4.78 is 0. The summed E-state index contributed by atoms with van der Waals surface area (Å²) in [4.78, 5) is 25.6. The number of fused-ring (bicyclic) bond motifs is 1. The number of aryl methyl sites for hydroxylation is 2. The van der Waals surface area contributed by atoms with Gasteiger partial charge in [0.1, 0.15) is 5.56 Å². The number of benzene rings is 1. The summed E-state index contributed by atoms with van der Waals surface area (Å²) in [6.07, 6.45) is 1.40. The van der Waals surface area contributed by atoms with E-state index >= 15 is 0 Å². The first kappa shape index (κ1) is 12.4. The van der Waals surface area contributed by atoms with Crippen molar-refractivity contribution in [2.75, 3.05) is 0 Å². The van der Waals surface area contributed by atoms with Crippen molar-refractivity contribution in [3.63, 3.8) is 0 Å². The lowest BCUT2D eigenvalue weighted by Gasteiger charge is -2.09. The van der Waals surface area contributed by atoms with Crippen LogP contribution in [0, 0.1) is 0 Å². The molecule has 0 unspecified atom stereocenters. The number of hydrogen-bond acceptors (Lipinski definition) is 2. The number of nitrogens with one attached hydrogen (secondary N) is 1. The normalized spacial score (nSPS) is 10.8. The number of rotatable bonds is 3. The number of carboxylic acid groups (broad SMARTS) is 1. The quantitative estimate of drug-likeness (QED) is 0.872. The van der Waals surface area contributed by atoms with Crippen LogP contribution in [0.4, 0.5) is 0 Å². The second kappa shape index (κ2) is 4.64. The van der Waals surface area contributed by atoms with Crippen LogP contribution < -0.4 is 5.56 Å². The maximum Gasteiger partial charge on any atom is 0.341 e. The van der Waals surface area contributed by atoms with Crippen LogP contribution in [0.5, 0.6) is 0 Å². The van der Waals surface area contributed by atoms with Crippen molar-refractivity contribution in [2.45, 2.75) is 26.7 Å². The number of carbonyl (C=O) groups is 1. The molecule has 1 aromatic carbocycles. The fourth-order valence-electron chi connectivity index (χ4n) is 2.22. The summed E-state index contributed by atoms with van der Waals surface area (Å²) in [7, 11) is 0. The lowest BCUT2D eigenvalue weighted by molar-refractivity contribution is 0.0694. The predicted octanol–water partition coefficient (Wildman–Crippen LogP) is 2.35. The highest BCUT2D eigenvalue weighted by Crippen LogP contribution is 2.21. The third-order valence-electron chi connectivity index (χ3n) is 3.16. The van der Waals surface area contributed by atoms with E-state index in [0.29, 0.717) is 17.5 Å². The lowest BCUT2D eigenvalue weighted by atomic mass is 9.99. The zero-order valence-corrected chi connectivity index (χ0v) is 10.4. The predicted molar refractivity (Wildman–Crippen MR) is 70.3 cm³/mol. The SMILES string of the molecule is CCc1ccc2[nH]c(=O)c(C(=O)O)c(CC)c2c1. The second-order valence-electron chi connectivity index (χ2n) is 4.20. The van der Waals surface area contributed by atoms with Gasteiger partial charge < -0.3 is 10.1 Å². The van der Waals surface area contributed by atoms with Crippen LogP contribution in [0.1, 0.15) is 35.3 Å². The van der Waals surface area contributed by atoms with Gasteiger partial charge in [0.05, 0.1) is 0 Å². The van der Waals surface area contributed by atoms with Gasteiger partial charge in [0.2, 0.25) is 0 Å². The molecule has 2 rings (SSSR count). The molecule has 4 nitrogen and oxygen atoms in total. The molecule has 2 aromatic rings. The van der Waals surface area contributed by atoms with Gasteiger partial charge in [-0.3, -0.25) is 4.79 Å². The molecule has 4 heteroatoms. The molecule has 94 valence electrons. The van der Waals surface area contributed by atoms with E-state index in [0.717, 1.165) is 17.4 Å². The van der Waals surface area contributed by atoms with Gasteiger partial charge in [-0.25, -0.2) is 4.79 Å².